The van der Waals surface area contributed by atoms with E-state index in [4.69, 9.17) is 9.47 Å². The first-order valence-corrected chi connectivity index (χ1v) is 12.3. The molecule has 37 heavy (non-hydrogen) atoms. The predicted molar refractivity (Wildman–Crippen MR) is 150 cm³/mol. The molecule has 1 heterocycles. The Morgan fingerprint density at radius 1 is 0.838 bits per heavy atom. The molecule has 1 aliphatic heterocycles. The SMILES string of the molecule is CCOc1ccc(CC2(C)CN(C(c3ccc(F)cc3)c3ccc(F)cc3)CCN2)cc1OCC.Cl.Cl. The van der Waals surface area contributed by atoms with Gasteiger partial charge < -0.3 is 14.8 Å². The van der Waals surface area contributed by atoms with Crippen molar-refractivity contribution in [2.45, 2.75) is 38.8 Å². The number of benzene rings is 3. The average Bonchev–Trinajstić information content (AvgIpc) is 2.83. The summed E-state index contributed by atoms with van der Waals surface area (Å²) in [5.41, 5.74) is 2.94. The lowest BCUT2D eigenvalue weighted by molar-refractivity contribution is 0.115. The normalized spacial score (nSPS) is 17.6. The Bertz CT molecular complexity index is 1070. The van der Waals surface area contributed by atoms with Crippen LogP contribution in [0.15, 0.2) is 66.7 Å². The lowest BCUT2D eigenvalue weighted by Crippen LogP contribution is -2.60. The highest BCUT2D eigenvalue weighted by atomic mass is 35.5. The molecular formula is C29H36Cl2F2N2O2. The lowest BCUT2D eigenvalue weighted by Gasteiger charge is -2.45. The van der Waals surface area contributed by atoms with Crippen molar-refractivity contribution in [1.82, 2.24) is 10.2 Å². The summed E-state index contributed by atoms with van der Waals surface area (Å²) in [6.07, 6.45) is 0.801. The van der Waals surface area contributed by atoms with Crippen LogP contribution in [0.4, 0.5) is 8.78 Å². The Hall–Kier alpha value is -2.38. The van der Waals surface area contributed by atoms with Gasteiger partial charge in [-0.05, 0) is 80.3 Å². The topological polar surface area (TPSA) is 33.7 Å². The monoisotopic (exact) mass is 552 g/mol. The number of piperazine rings is 1. The van der Waals surface area contributed by atoms with Gasteiger partial charge in [0.05, 0.1) is 19.3 Å². The average molecular weight is 554 g/mol. The second-order valence-electron chi connectivity index (χ2n) is 9.29. The molecule has 0 spiro atoms. The Morgan fingerprint density at radius 3 is 1.92 bits per heavy atom. The minimum absolute atomic E-state index is 0. The van der Waals surface area contributed by atoms with Gasteiger partial charge in [-0.3, -0.25) is 4.90 Å². The smallest absolute Gasteiger partial charge is 0.161 e. The minimum Gasteiger partial charge on any atom is -0.490 e. The number of halogens is 4. The van der Waals surface area contributed by atoms with Crippen molar-refractivity contribution >= 4 is 24.8 Å². The van der Waals surface area contributed by atoms with Gasteiger partial charge >= 0.3 is 0 Å². The van der Waals surface area contributed by atoms with E-state index in [1.165, 1.54) is 24.3 Å². The van der Waals surface area contributed by atoms with Crippen molar-refractivity contribution in [2.75, 3.05) is 32.8 Å². The zero-order valence-electron chi connectivity index (χ0n) is 21.5. The summed E-state index contributed by atoms with van der Waals surface area (Å²) < 4.78 is 38.9. The molecule has 0 aromatic heterocycles. The maximum atomic E-state index is 13.7. The quantitative estimate of drug-likeness (QED) is 0.324. The Labute approximate surface area is 231 Å². The van der Waals surface area contributed by atoms with E-state index >= 15 is 0 Å². The first-order chi connectivity index (χ1) is 16.9. The van der Waals surface area contributed by atoms with E-state index in [0.717, 1.165) is 54.2 Å². The third kappa shape index (κ3) is 7.81. The molecule has 0 aliphatic carbocycles. The lowest BCUT2D eigenvalue weighted by atomic mass is 9.87. The number of nitrogens with one attached hydrogen (secondary N) is 1. The van der Waals surface area contributed by atoms with Gasteiger partial charge in [-0.1, -0.05) is 30.3 Å². The third-order valence-corrected chi connectivity index (χ3v) is 6.44. The van der Waals surface area contributed by atoms with E-state index in [2.05, 4.69) is 29.3 Å². The van der Waals surface area contributed by atoms with Crippen LogP contribution in [0.5, 0.6) is 11.5 Å². The first kappa shape index (κ1) is 30.8. The molecule has 8 heteroatoms. The molecule has 1 N–H and O–H groups in total. The van der Waals surface area contributed by atoms with E-state index in [9.17, 15) is 8.78 Å². The van der Waals surface area contributed by atoms with E-state index in [0.29, 0.717) is 13.2 Å². The summed E-state index contributed by atoms with van der Waals surface area (Å²) in [7, 11) is 0. The Balaban J connectivity index is 0.00000241. The summed E-state index contributed by atoms with van der Waals surface area (Å²) in [4.78, 5) is 2.40. The molecule has 1 unspecified atom stereocenters. The van der Waals surface area contributed by atoms with E-state index in [-0.39, 0.29) is 48.0 Å². The summed E-state index contributed by atoms with van der Waals surface area (Å²) in [5.74, 6) is 0.988. The minimum atomic E-state index is -0.266. The van der Waals surface area contributed by atoms with Crippen molar-refractivity contribution in [2.24, 2.45) is 0 Å². The molecule has 1 saturated heterocycles. The standard InChI is InChI=1S/C29H34F2N2O2.2ClH/c1-4-34-26-15-6-21(18-27(26)35-5-2)19-29(3)20-33(17-16-32-29)28(22-7-11-24(30)12-8-22)23-9-13-25(31)14-10-23;;/h6-15,18,28,32H,4-5,16-17,19-20H2,1-3H3;2*1H. The number of ether oxygens (including phenoxy) is 2. The van der Waals surface area contributed by atoms with Crippen molar-refractivity contribution < 1.29 is 18.3 Å². The van der Waals surface area contributed by atoms with Crippen LogP contribution in [0.3, 0.4) is 0 Å². The third-order valence-electron chi connectivity index (χ3n) is 6.44. The number of nitrogens with zero attached hydrogens (tertiary/aromatic N) is 1. The predicted octanol–water partition coefficient (Wildman–Crippen LogP) is 6.60. The van der Waals surface area contributed by atoms with E-state index < -0.39 is 0 Å². The van der Waals surface area contributed by atoms with Gasteiger partial charge in [-0.15, -0.1) is 24.8 Å². The van der Waals surface area contributed by atoms with Gasteiger partial charge in [-0.2, -0.15) is 0 Å². The number of rotatable bonds is 9. The maximum Gasteiger partial charge on any atom is 0.161 e. The van der Waals surface area contributed by atoms with Crippen LogP contribution in [-0.4, -0.2) is 43.3 Å². The second-order valence-corrected chi connectivity index (χ2v) is 9.29. The maximum absolute atomic E-state index is 13.7. The molecule has 0 radical (unpaired) electrons. The fourth-order valence-corrected chi connectivity index (χ4v) is 4.98. The molecule has 3 aromatic carbocycles. The number of hydrogen-bond acceptors (Lipinski definition) is 4. The van der Waals surface area contributed by atoms with Crippen LogP contribution in [0.2, 0.25) is 0 Å². The van der Waals surface area contributed by atoms with Crippen LogP contribution < -0.4 is 14.8 Å². The molecule has 1 fully saturated rings. The summed E-state index contributed by atoms with van der Waals surface area (Å²) in [6, 6.07) is 19.3. The van der Waals surface area contributed by atoms with Crippen LogP contribution >= 0.6 is 24.8 Å². The van der Waals surface area contributed by atoms with E-state index in [1.807, 2.05) is 44.2 Å². The summed E-state index contributed by atoms with van der Waals surface area (Å²) >= 11 is 0. The van der Waals surface area contributed by atoms with Crippen LogP contribution in [-0.2, 0) is 6.42 Å². The fraction of sp³-hybridized carbons (Fsp3) is 0.379. The molecule has 0 amide bonds. The van der Waals surface area contributed by atoms with Crippen molar-refractivity contribution in [3.63, 3.8) is 0 Å². The van der Waals surface area contributed by atoms with Gasteiger partial charge in [0.2, 0.25) is 0 Å². The largest absolute Gasteiger partial charge is 0.490 e. The molecule has 0 saturated carbocycles. The molecule has 0 bridgehead atoms. The van der Waals surface area contributed by atoms with Gasteiger partial charge in [0.1, 0.15) is 11.6 Å². The van der Waals surface area contributed by atoms with Gasteiger partial charge in [0.25, 0.3) is 0 Å². The van der Waals surface area contributed by atoms with Crippen molar-refractivity contribution in [3.8, 4) is 11.5 Å². The molecule has 4 rings (SSSR count). The van der Waals surface area contributed by atoms with Gasteiger partial charge in [0, 0.05) is 25.2 Å². The van der Waals surface area contributed by atoms with Gasteiger partial charge in [0.15, 0.2) is 11.5 Å². The summed E-state index contributed by atoms with van der Waals surface area (Å²) in [6.45, 7) is 9.71. The van der Waals surface area contributed by atoms with Crippen LogP contribution in [0, 0.1) is 11.6 Å². The van der Waals surface area contributed by atoms with Gasteiger partial charge in [-0.25, -0.2) is 8.78 Å². The molecule has 1 aliphatic rings. The molecule has 202 valence electrons. The van der Waals surface area contributed by atoms with Crippen LogP contribution in [0.1, 0.15) is 43.5 Å². The van der Waals surface area contributed by atoms with Crippen molar-refractivity contribution in [3.05, 3.63) is 95.1 Å². The molecule has 4 nitrogen and oxygen atoms in total. The highest BCUT2D eigenvalue weighted by molar-refractivity contribution is 5.85. The molecule has 1 atom stereocenters. The van der Waals surface area contributed by atoms with E-state index in [1.54, 1.807) is 0 Å². The highest BCUT2D eigenvalue weighted by Gasteiger charge is 2.35. The first-order valence-electron chi connectivity index (χ1n) is 12.3. The zero-order chi connectivity index (χ0) is 24.8. The Kier molecular flexibility index (Phi) is 11.6. The summed E-state index contributed by atoms with van der Waals surface area (Å²) in [5, 5.41) is 3.71. The molecular weight excluding hydrogens is 517 g/mol. The molecule has 3 aromatic rings. The number of hydrogen-bond donors (Lipinski definition) is 1. The fourth-order valence-electron chi connectivity index (χ4n) is 4.98. The van der Waals surface area contributed by atoms with Crippen molar-refractivity contribution in [1.29, 1.82) is 0 Å². The van der Waals surface area contributed by atoms with Crippen LogP contribution in [0.25, 0.3) is 0 Å². The Morgan fingerprint density at radius 2 is 1.38 bits per heavy atom. The highest BCUT2D eigenvalue weighted by Crippen LogP contribution is 2.34. The zero-order valence-corrected chi connectivity index (χ0v) is 23.1. The second kappa shape index (κ2) is 14.0.